The van der Waals surface area contributed by atoms with Crippen molar-refractivity contribution in [1.29, 1.82) is 0 Å². The predicted octanol–water partition coefficient (Wildman–Crippen LogP) is 3.24. The van der Waals surface area contributed by atoms with Gasteiger partial charge in [0.15, 0.2) is 0 Å². The minimum absolute atomic E-state index is 0.0687. The number of halogens is 1. The molecule has 3 nitrogen and oxygen atoms in total. The fourth-order valence-corrected chi connectivity index (χ4v) is 2.29. The van der Waals surface area contributed by atoms with Gasteiger partial charge in [-0.2, -0.15) is 0 Å². The monoisotopic (exact) mass is 289 g/mol. The van der Waals surface area contributed by atoms with E-state index in [4.69, 9.17) is 4.74 Å². The molecule has 2 rings (SSSR count). The molecule has 0 radical (unpaired) electrons. The summed E-state index contributed by atoms with van der Waals surface area (Å²) in [5.41, 5.74) is 1.10. The standard InChI is InChI=1S/C17H20FNO2/c1-17(12-20,11-13-5-3-6-14(18)9-13)19-15-7-4-8-16(10-15)21-2/h3-10,19-20H,11-12H2,1-2H3. The first-order valence-electron chi connectivity index (χ1n) is 6.82. The SMILES string of the molecule is COc1cccc(NC(C)(CO)Cc2cccc(F)c2)c1. The molecule has 0 bridgehead atoms. The summed E-state index contributed by atoms with van der Waals surface area (Å²) >= 11 is 0. The van der Waals surface area contributed by atoms with Crippen LogP contribution in [0.4, 0.5) is 10.1 Å². The summed E-state index contributed by atoms with van der Waals surface area (Å²) in [7, 11) is 1.61. The third kappa shape index (κ3) is 4.20. The molecule has 0 aliphatic rings. The zero-order valence-corrected chi connectivity index (χ0v) is 12.3. The fraction of sp³-hybridized carbons (Fsp3) is 0.294. The Morgan fingerprint density at radius 1 is 1.19 bits per heavy atom. The molecule has 21 heavy (non-hydrogen) atoms. The average Bonchev–Trinajstić information content (AvgIpc) is 2.47. The lowest BCUT2D eigenvalue weighted by molar-refractivity contribution is 0.222. The Bertz CT molecular complexity index is 603. The summed E-state index contributed by atoms with van der Waals surface area (Å²) in [6, 6.07) is 13.9. The molecule has 1 unspecified atom stereocenters. The molecule has 0 heterocycles. The minimum atomic E-state index is -0.583. The molecule has 2 aromatic rings. The summed E-state index contributed by atoms with van der Waals surface area (Å²) in [5, 5.41) is 13.0. The molecule has 0 fully saturated rings. The van der Waals surface area contributed by atoms with Crippen LogP contribution in [0.25, 0.3) is 0 Å². The zero-order valence-electron chi connectivity index (χ0n) is 12.3. The second-order valence-corrected chi connectivity index (χ2v) is 5.38. The summed E-state index contributed by atoms with van der Waals surface area (Å²) in [6.45, 7) is 1.83. The molecule has 0 amide bonds. The molecule has 2 aromatic carbocycles. The highest BCUT2D eigenvalue weighted by atomic mass is 19.1. The largest absolute Gasteiger partial charge is 0.497 e. The lowest BCUT2D eigenvalue weighted by atomic mass is 9.93. The van der Waals surface area contributed by atoms with E-state index in [2.05, 4.69) is 5.32 Å². The Kier molecular flexibility index (Phi) is 4.81. The maximum atomic E-state index is 13.3. The van der Waals surface area contributed by atoms with Gasteiger partial charge in [-0.1, -0.05) is 18.2 Å². The summed E-state index contributed by atoms with van der Waals surface area (Å²) in [4.78, 5) is 0. The molecular weight excluding hydrogens is 269 g/mol. The van der Waals surface area contributed by atoms with E-state index in [1.54, 1.807) is 13.2 Å². The lowest BCUT2D eigenvalue weighted by Gasteiger charge is -2.30. The molecule has 2 N–H and O–H groups in total. The van der Waals surface area contributed by atoms with E-state index in [0.29, 0.717) is 6.42 Å². The molecule has 0 aromatic heterocycles. The highest BCUT2D eigenvalue weighted by Gasteiger charge is 2.24. The van der Waals surface area contributed by atoms with Gasteiger partial charge in [-0.3, -0.25) is 0 Å². The highest BCUT2D eigenvalue weighted by molar-refractivity contribution is 5.50. The third-order valence-electron chi connectivity index (χ3n) is 3.35. The van der Waals surface area contributed by atoms with E-state index in [-0.39, 0.29) is 12.4 Å². The number of aliphatic hydroxyl groups excluding tert-OH is 1. The molecule has 0 aliphatic carbocycles. The van der Waals surface area contributed by atoms with Gasteiger partial charge in [0.05, 0.1) is 19.3 Å². The number of ether oxygens (including phenoxy) is 1. The van der Waals surface area contributed by atoms with E-state index in [0.717, 1.165) is 17.0 Å². The quantitative estimate of drug-likeness (QED) is 0.858. The molecule has 0 aliphatic heterocycles. The topological polar surface area (TPSA) is 41.5 Å². The molecule has 1 atom stereocenters. The first kappa shape index (κ1) is 15.3. The van der Waals surface area contributed by atoms with Crippen LogP contribution >= 0.6 is 0 Å². The van der Waals surface area contributed by atoms with E-state index in [1.165, 1.54) is 12.1 Å². The van der Waals surface area contributed by atoms with E-state index >= 15 is 0 Å². The van der Waals surface area contributed by atoms with Gasteiger partial charge in [0.1, 0.15) is 11.6 Å². The van der Waals surface area contributed by atoms with Crippen LogP contribution in [0.5, 0.6) is 5.75 Å². The first-order valence-corrected chi connectivity index (χ1v) is 6.82. The van der Waals surface area contributed by atoms with Crippen molar-refractivity contribution in [2.45, 2.75) is 18.9 Å². The predicted molar refractivity (Wildman–Crippen MR) is 82.2 cm³/mol. The number of hydrogen-bond acceptors (Lipinski definition) is 3. The number of methoxy groups -OCH3 is 1. The maximum Gasteiger partial charge on any atom is 0.123 e. The number of aliphatic hydroxyl groups is 1. The van der Waals surface area contributed by atoms with Crippen molar-refractivity contribution in [3.8, 4) is 5.75 Å². The minimum Gasteiger partial charge on any atom is -0.497 e. The molecule has 0 saturated heterocycles. The zero-order chi connectivity index (χ0) is 15.3. The van der Waals surface area contributed by atoms with Crippen LogP contribution in [-0.4, -0.2) is 24.4 Å². The van der Waals surface area contributed by atoms with Gasteiger partial charge < -0.3 is 15.2 Å². The maximum absolute atomic E-state index is 13.3. The van der Waals surface area contributed by atoms with Crippen molar-refractivity contribution >= 4 is 5.69 Å². The Balaban J connectivity index is 2.16. The second-order valence-electron chi connectivity index (χ2n) is 5.38. The van der Waals surface area contributed by atoms with Gasteiger partial charge in [0, 0.05) is 11.8 Å². The fourth-order valence-electron chi connectivity index (χ4n) is 2.29. The van der Waals surface area contributed by atoms with Crippen molar-refractivity contribution in [3.05, 3.63) is 59.9 Å². The normalized spacial score (nSPS) is 13.5. The summed E-state index contributed by atoms with van der Waals surface area (Å²) in [6.07, 6.45) is 0.512. The van der Waals surface area contributed by atoms with E-state index in [1.807, 2.05) is 37.3 Å². The van der Waals surface area contributed by atoms with Crippen LogP contribution in [-0.2, 0) is 6.42 Å². The lowest BCUT2D eigenvalue weighted by Crippen LogP contribution is -2.41. The summed E-state index contributed by atoms with van der Waals surface area (Å²) in [5.74, 6) is 0.472. The third-order valence-corrected chi connectivity index (χ3v) is 3.35. The average molecular weight is 289 g/mol. The first-order chi connectivity index (χ1) is 10.0. The van der Waals surface area contributed by atoms with Crippen molar-refractivity contribution in [2.24, 2.45) is 0 Å². The van der Waals surface area contributed by atoms with Crippen molar-refractivity contribution in [2.75, 3.05) is 19.0 Å². The van der Waals surface area contributed by atoms with Gasteiger partial charge in [0.25, 0.3) is 0 Å². The Morgan fingerprint density at radius 3 is 2.62 bits per heavy atom. The number of anilines is 1. The van der Waals surface area contributed by atoms with Gasteiger partial charge in [-0.25, -0.2) is 4.39 Å². The van der Waals surface area contributed by atoms with Crippen LogP contribution in [0.15, 0.2) is 48.5 Å². The van der Waals surface area contributed by atoms with Gasteiger partial charge in [-0.05, 0) is 43.2 Å². The van der Waals surface area contributed by atoms with Crippen LogP contribution in [0.3, 0.4) is 0 Å². The molecule has 0 spiro atoms. The van der Waals surface area contributed by atoms with E-state index < -0.39 is 5.54 Å². The highest BCUT2D eigenvalue weighted by Crippen LogP contribution is 2.23. The van der Waals surface area contributed by atoms with Crippen molar-refractivity contribution < 1.29 is 14.2 Å². The van der Waals surface area contributed by atoms with E-state index in [9.17, 15) is 9.50 Å². The number of rotatable bonds is 6. The van der Waals surface area contributed by atoms with Gasteiger partial charge in [-0.15, -0.1) is 0 Å². The molecule has 0 saturated carbocycles. The molecule has 112 valence electrons. The van der Waals surface area contributed by atoms with Crippen LogP contribution < -0.4 is 10.1 Å². The number of benzene rings is 2. The molecule has 4 heteroatoms. The van der Waals surface area contributed by atoms with Gasteiger partial charge >= 0.3 is 0 Å². The van der Waals surface area contributed by atoms with Crippen molar-refractivity contribution in [3.63, 3.8) is 0 Å². The Hall–Kier alpha value is -2.07. The number of hydrogen-bond donors (Lipinski definition) is 2. The molecular formula is C17H20FNO2. The Morgan fingerprint density at radius 2 is 1.95 bits per heavy atom. The van der Waals surface area contributed by atoms with Crippen LogP contribution in [0.2, 0.25) is 0 Å². The summed E-state index contributed by atoms with van der Waals surface area (Å²) < 4.78 is 18.5. The number of nitrogens with one attached hydrogen (secondary N) is 1. The van der Waals surface area contributed by atoms with Gasteiger partial charge in [0.2, 0.25) is 0 Å². The smallest absolute Gasteiger partial charge is 0.123 e. The van der Waals surface area contributed by atoms with Crippen LogP contribution in [0.1, 0.15) is 12.5 Å². The second kappa shape index (κ2) is 6.59. The van der Waals surface area contributed by atoms with Crippen molar-refractivity contribution in [1.82, 2.24) is 0 Å². The van der Waals surface area contributed by atoms with Crippen LogP contribution in [0, 0.1) is 5.82 Å². The Labute approximate surface area is 124 Å².